The van der Waals surface area contributed by atoms with Crippen molar-refractivity contribution in [2.45, 2.75) is 40.0 Å². The van der Waals surface area contributed by atoms with Crippen LogP contribution in [0.2, 0.25) is 0 Å². The molecule has 2 rings (SSSR count). The Kier molecular flexibility index (Phi) is 5.36. The molecule has 0 aliphatic carbocycles. The Balaban J connectivity index is 2.13. The van der Waals surface area contributed by atoms with Gasteiger partial charge in [0.05, 0.1) is 6.10 Å². The Morgan fingerprint density at radius 3 is 2.76 bits per heavy atom. The van der Waals surface area contributed by atoms with Gasteiger partial charge < -0.3 is 9.84 Å². The van der Waals surface area contributed by atoms with Gasteiger partial charge in [-0.15, -0.1) is 0 Å². The zero-order valence-electron chi connectivity index (χ0n) is 12.5. The lowest BCUT2D eigenvalue weighted by molar-refractivity contribution is 0.189. The van der Waals surface area contributed by atoms with E-state index in [0.29, 0.717) is 18.3 Å². The first-order valence-electron chi connectivity index (χ1n) is 6.94. The van der Waals surface area contributed by atoms with Crippen LogP contribution in [0.3, 0.4) is 0 Å². The Morgan fingerprint density at radius 2 is 2.10 bits per heavy atom. The van der Waals surface area contributed by atoms with Gasteiger partial charge in [0.25, 0.3) is 0 Å². The Hall–Kier alpha value is -1.40. The predicted octanol–water partition coefficient (Wildman–Crippen LogP) is 3.33. The molecule has 1 aromatic heterocycles. The van der Waals surface area contributed by atoms with Gasteiger partial charge in [0.2, 0.25) is 0 Å². The lowest BCUT2D eigenvalue weighted by atomic mass is 10.1. The fourth-order valence-electron chi connectivity index (χ4n) is 2.02. The summed E-state index contributed by atoms with van der Waals surface area (Å²) >= 11 is 3.42. The number of ether oxygens (including phenoxy) is 1. The monoisotopic (exact) mass is 353 g/mol. The topological polar surface area (TPSA) is 60.2 Å². The van der Waals surface area contributed by atoms with E-state index in [1.165, 1.54) is 6.33 Å². The molecule has 1 N–H and O–H groups in total. The van der Waals surface area contributed by atoms with Crippen LogP contribution < -0.4 is 4.74 Å². The van der Waals surface area contributed by atoms with Crippen molar-refractivity contribution in [1.82, 2.24) is 14.8 Å². The molecule has 0 fully saturated rings. The fraction of sp³-hybridized carbons (Fsp3) is 0.467. The van der Waals surface area contributed by atoms with Gasteiger partial charge in [-0.1, -0.05) is 35.8 Å². The summed E-state index contributed by atoms with van der Waals surface area (Å²) in [6.45, 7) is 7.11. The zero-order valence-corrected chi connectivity index (χ0v) is 14.0. The van der Waals surface area contributed by atoms with Crippen molar-refractivity contribution in [3.8, 4) is 5.75 Å². The minimum atomic E-state index is -0.582. The van der Waals surface area contributed by atoms with Crippen molar-refractivity contribution in [1.29, 1.82) is 0 Å². The first-order valence-corrected chi connectivity index (χ1v) is 7.73. The van der Waals surface area contributed by atoms with Crippen LogP contribution in [0.4, 0.5) is 0 Å². The maximum atomic E-state index is 9.80. The number of hydrogen-bond donors (Lipinski definition) is 1. The molecule has 0 aliphatic heterocycles. The van der Waals surface area contributed by atoms with E-state index in [4.69, 9.17) is 4.74 Å². The van der Waals surface area contributed by atoms with E-state index in [1.54, 1.807) is 6.92 Å². The third-order valence-corrected chi connectivity index (χ3v) is 3.51. The molecular formula is C15H20BrN3O2. The van der Waals surface area contributed by atoms with E-state index in [-0.39, 0.29) is 0 Å². The molecule has 1 atom stereocenters. The van der Waals surface area contributed by atoms with E-state index in [9.17, 15) is 5.11 Å². The molecule has 1 aromatic carbocycles. The molecule has 0 radical (unpaired) electrons. The van der Waals surface area contributed by atoms with E-state index in [2.05, 4.69) is 39.9 Å². The molecule has 1 heterocycles. The third-order valence-electron chi connectivity index (χ3n) is 3.02. The maximum absolute atomic E-state index is 9.80. The molecule has 2 aromatic rings. The van der Waals surface area contributed by atoms with Gasteiger partial charge in [0, 0.05) is 16.6 Å². The summed E-state index contributed by atoms with van der Waals surface area (Å²) in [5, 5.41) is 14.0. The summed E-state index contributed by atoms with van der Waals surface area (Å²) in [7, 11) is 0. The third kappa shape index (κ3) is 4.28. The summed E-state index contributed by atoms with van der Waals surface area (Å²) in [5.41, 5.74) is 0.758. The van der Waals surface area contributed by atoms with E-state index in [1.807, 2.05) is 22.9 Å². The SMILES string of the molecule is CC(C)Cn1ncnc1COc1cc(Br)ccc1C(C)O. The highest BCUT2D eigenvalue weighted by molar-refractivity contribution is 9.10. The summed E-state index contributed by atoms with van der Waals surface area (Å²) < 4.78 is 8.59. The van der Waals surface area contributed by atoms with Crippen molar-refractivity contribution >= 4 is 15.9 Å². The number of benzene rings is 1. The normalized spacial score (nSPS) is 12.7. The van der Waals surface area contributed by atoms with Gasteiger partial charge in [0.15, 0.2) is 5.82 Å². The standard InChI is InChI=1S/C15H20BrN3O2/c1-10(2)7-19-15(17-9-18-19)8-21-14-6-12(16)4-5-13(14)11(3)20/h4-6,9-11,20H,7-8H2,1-3H3. The first-order chi connectivity index (χ1) is 9.97. The largest absolute Gasteiger partial charge is 0.485 e. The van der Waals surface area contributed by atoms with Gasteiger partial charge in [-0.3, -0.25) is 0 Å². The van der Waals surface area contributed by atoms with Gasteiger partial charge in [0.1, 0.15) is 18.7 Å². The van der Waals surface area contributed by atoms with Crippen LogP contribution in [0.1, 0.15) is 38.3 Å². The number of hydrogen-bond acceptors (Lipinski definition) is 4. The molecule has 0 spiro atoms. The molecule has 0 saturated carbocycles. The van der Waals surface area contributed by atoms with E-state index < -0.39 is 6.10 Å². The van der Waals surface area contributed by atoms with Crippen LogP contribution in [0.5, 0.6) is 5.75 Å². The van der Waals surface area contributed by atoms with Crippen molar-refractivity contribution in [2.75, 3.05) is 0 Å². The maximum Gasteiger partial charge on any atom is 0.164 e. The van der Waals surface area contributed by atoms with E-state index >= 15 is 0 Å². The molecule has 0 aliphatic rings. The number of halogens is 1. The second kappa shape index (κ2) is 7.04. The second-order valence-corrected chi connectivity index (χ2v) is 6.31. The van der Waals surface area contributed by atoms with Crippen LogP contribution >= 0.6 is 15.9 Å². The van der Waals surface area contributed by atoms with E-state index in [0.717, 1.165) is 22.4 Å². The van der Waals surface area contributed by atoms with Gasteiger partial charge in [-0.2, -0.15) is 5.10 Å². The summed E-state index contributed by atoms with van der Waals surface area (Å²) in [5.74, 6) is 1.92. The number of aliphatic hydroxyl groups excluding tert-OH is 1. The molecule has 114 valence electrons. The minimum absolute atomic E-state index is 0.322. The highest BCUT2D eigenvalue weighted by Gasteiger charge is 2.12. The van der Waals surface area contributed by atoms with Crippen molar-refractivity contribution in [3.05, 3.63) is 40.4 Å². The quantitative estimate of drug-likeness (QED) is 0.865. The average molecular weight is 354 g/mol. The lowest BCUT2D eigenvalue weighted by Gasteiger charge is -2.14. The number of aliphatic hydroxyl groups is 1. The molecule has 21 heavy (non-hydrogen) atoms. The smallest absolute Gasteiger partial charge is 0.164 e. The minimum Gasteiger partial charge on any atom is -0.485 e. The molecule has 0 saturated heterocycles. The fourth-order valence-corrected chi connectivity index (χ4v) is 2.36. The molecule has 0 amide bonds. The molecule has 6 heteroatoms. The molecule has 1 unspecified atom stereocenters. The number of aromatic nitrogens is 3. The van der Waals surface area contributed by atoms with Crippen molar-refractivity contribution < 1.29 is 9.84 Å². The average Bonchev–Trinajstić information content (AvgIpc) is 2.82. The molecule has 0 bridgehead atoms. The van der Waals surface area contributed by atoms with Crippen LogP contribution in [-0.4, -0.2) is 19.9 Å². The molecular weight excluding hydrogens is 334 g/mol. The van der Waals surface area contributed by atoms with Crippen molar-refractivity contribution in [3.63, 3.8) is 0 Å². The number of nitrogens with zero attached hydrogens (tertiary/aromatic N) is 3. The summed E-state index contributed by atoms with van der Waals surface area (Å²) in [6, 6.07) is 5.59. The Morgan fingerprint density at radius 1 is 1.33 bits per heavy atom. The van der Waals surface area contributed by atoms with Gasteiger partial charge in [-0.05, 0) is 25.0 Å². The predicted molar refractivity (Wildman–Crippen MR) is 84.0 cm³/mol. The second-order valence-electron chi connectivity index (χ2n) is 5.40. The van der Waals surface area contributed by atoms with Gasteiger partial charge >= 0.3 is 0 Å². The Bertz CT molecular complexity index is 596. The highest BCUT2D eigenvalue weighted by atomic mass is 79.9. The Labute approximate surface area is 133 Å². The summed E-state index contributed by atoms with van der Waals surface area (Å²) in [4.78, 5) is 4.23. The molecule has 5 nitrogen and oxygen atoms in total. The summed E-state index contributed by atoms with van der Waals surface area (Å²) in [6.07, 6.45) is 0.957. The van der Waals surface area contributed by atoms with Crippen molar-refractivity contribution in [2.24, 2.45) is 5.92 Å². The highest BCUT2D eigenvalue weighted by Crippen LogP contribution is 2.29. The number of rotatable bonds is 6. The van der Waals surface area contributed by atoms with Crippen LogP contribution in [0.15, 0.2) is 29.0 Å². The van der Waals surface area contributed by atoms with Gasteiger partial charge in [-0.25, -0.2) is 9.67 Å². The van der Waals surface area contributed by atoms with Crippen LogP contribution in [0, 0.1) is 5.92 Å². The lowest BCUT2D eigenvalue weighted by Crippen LogP contribution is -2.12. The van der Waals surface area contributed by atoms with Crippen LogP contribution in [-0.2, 0) is 13.2 Å². The van der Waals surface area contributed by atoms with Crippen LogP contribution in [0.25, 0.3) is 0 Å². The first kappa shape index (κ1) is 16.0. The zero-order chi connectivity index (χ0) is 15.4.